The molecule has 0 radical (unpaired) electrons. The third-order valence-corrected chi connectivity index (χ3v) is 8.94. The summed E-state index contributed by atoms with van der Waals surface area (Å²) in [5.74, 6) is 0.741. The average Bonchev–Trinajstić information content (AvgIpc) is 3.83. The van der Waals surface area contributed by atoms with E-state index in [1.807, 2.05) is 0 Å². The lowest BCUT2D eigenvalue weighted by Crippen LogP contribution is -2.31. The smallest absolute Gasteiger partial charge is 0.394 e. The number of aliphatic hydroxyl groups is 2. The molecule has 0 amide bonds. The number of fused-ring (bicyclic) bond motifs is 2. The Kier molecular flexibility index (Phi) is 11.1. The summed E-state index contributed by atoms with van der Waals surface area (Å²) in [6, 6.07) is 0. The van der Waals surface area contributed by atoms with E-state index in [1.54, 1.807) is 12.2 Å². The number of anilines is 2. The Morgan fingerprint density at radius 1 is 0.771 bits per heavy atom. The Labute approximate surface area is 281 Å². The lowest BCUT2D eigenvalue weighted by atomic mass is 10.1. The van der Waals surface area contributed by atoms with Gasteiger partial charge in [-0.05, 0) is 9.13 Å². The maximum absolute atomic E-state index is 15.2. The van der Waals surface area contributed by atoms with Crippen LogP contribution in [0, 0.1) is 0 Å². The van der Waals surface area contributed by atoms with Gasteiger partial charge in [0.25, 0.3) is 0 Å². The van der Waals surface area contributed by atoms with Crippen molar-refractivity contribution in [3.63, 3.8) is 0 Å². The van der Waals surface area contributed by atoms with Gasteiger partial charge < -0.3 is 30.3 Å². The minimum absolute atomic E-state index is 0.264. The van der Waals surface area contributed by atoms with Gasteiger partial charge in [-0.3, -0.25) is 9.13 Å². The van der Waals surface area contributed by atoms with Crippen LogP contribution in [-0.2, 0) is 27.7 Å². The van der Waals surface area contributed by atoms with Crippen molar-refractivity contribution in [1.82, 2.24) is 39.0 Å². The van der Waals surface area contributed by atoms with E-state index in [4.69, 9.17) is 18.5 Å². The standard InChI is InChI=1S/C24H26F2N10O8P2S2/c25-13-17(43-45(39)47)11(5-37)41-23(13)35-9-33-15-19(29-7-31-21(15)35)27-3-1-2-4-28-20-16-22(32-8-30-20)36(10-34-16)24-14(26)18(44-46(40)48)12(6-38)42-24/h1-2,7-14,17-18,23-24,37-38H,3-6H2,(H2-2,27,28,29,30,31,32,39,40,47,48)/p+2. The molecule has 6 rings (SSSR count). The summed E-state index contributed by atoms with van der Waals surface area (Å²) in [5, 5.41) is 25.4. The number of nitrogens with zero attached hydrogens (tertiary/aromatic N) is 8. The van der Waals surface area contributed by atoms with Crippen LogP contribution >= 0.6 is 39.0 Å². The molecule has 2 saturated heterocycles. The van der Waals surface area contributed by atoms with Crippen LogP contribution in [0.5, 0.6) is 0 Å². The molecule has 2 aliphatic rings. The van der Waals surface area contributed by atoms with Crippen LogP contribution in [0.4, 0.5) is 20.4 Å². The van der Waals surface area contributed by atoms with Crippen molar-refractivity contribution < 1.29 is 46.6 Å². The van der Waals surface area contributed by atoms with Gasteiger partial charge in [0, 0.05) is 13.1 Å². The second-order valence-corrected chi connectivity index (χ2v) is 13.7. The van der Waals surface area contributed by atoms with Crippen LogP contribution in [0.1, 0.15) is 12.5 Å². The van der Waals surface area contributed by atoms with Crippen LogP contribution in [-0.4, -0.2) is 112 Å². The molecule has 10 unspecified atom stereocenters. The van der Waals surface area contributed by atoms with Gasteiger partial charge in [-0.1, -0.05) is 12.2 Å². The Bertz CT molecular complexity index is 1700. The summed E-state index contributed by atoms with van der Waals surface area (Å²) in [5.41, 5.74) is 1.21. The molecule has 6 heterocycles. The van der Waals surface area contributed by atoms with Crippen molar-refractivity contribution in [3.8, 4) is 0 Å². The topological polar surface area (TPSA) is 223 Å². The largest absolute Gasteiger partial charge is 0.582 e. The van der Waals surface area contributed by atoms with Crippen LogP contribution in [0.25, 0.3) is 22.3 Å². The molecule has 0 aliphatic carbocycles. The van der Waals surface area contributed by atoms with Crippen molar-refractivity contribution in [3.05, 3.63) is 37.5 Å². The maximum Gasteiger partial charge on any atom is 0.582 e. The highest BCUT2D eigenvalue weighted by Crippen LogP contribution is 2.42. The Hall–Kier alpha value is -3.04. The number of halogens is 2. The number of alkyl halides is 2. The minimum atomic E-state index is -2.43. The molecule has 0 saturated carbocycles. The molecule has 0 aromatic carbocycles. The summed E-state index contributed by atoms with van der Waals surface area (Å²) in [6.07, 6.45) is -1.96. The van der Waals surface area contributed by atoms with E-state index in [9.17, 15) is 19.3 Å². The third-order valence-electron chi connectivity index (χ3n) is 7.52. The van der Waals surface area contributed by atoms with Gasteiger partial charge in [0.2, 0.25) is 0 Å². The first-order valence-electron chi connectivity index (χ1n) is 14.2. The summed E-state index contributed by atoms with van der Waals surface area (Å²) in [7, 11) is -4.87. The van der Waals surface area contributed by atoms with Crippen LogP contribution in [0.15, 0.2) is 37.5 Å². The van der Waals surface area contributed by atoms with Gasteiger partial charge in [-0.15, -0.1) is 9.05 Å². The highest BCUT2D eigenvalue weighted by atomic mass is 32.7. The fraction of sp³-hybridized carbons (Fsp3) is 0.500. The number of rotatable bonds is 14. The lowest BCUT2D eigenvalue weighted by molar-refractivity contribution is -0.0427. The van der Waals surface area contributed by atoms with E-state index >= 15 is 8.78 Å². The number of hydrogen-bond donors (Lipinski definition) is 6. The van der Waals surface area contributed by atoms with E-state index in [2.05, 4.69) is 65.0 Å². The van der Waals surface area contributed by atoms with Gasteiger partial charge in [-0.25, -0.2) is 38.7 Å². The second-order valence-electron chi connectivity index (χ2n) is 10.3. The molecule has 4 aromatic heterocycles. The molecular weight excluding hydrogens is 720 g/mol. The van der Waals surface area contributed by atoms with E-state index in [0.29, 0.717) is 35.8 Å². The molecule has 0 bridgehead atoms. The Morgan fingerprint density at radius 2 is 1.19 bits per heavy atom. The maximum atomic E-state index is 15.2. The van der Waals surface area contributed by atoms with Gasteiger partial charge in [0.1, 0.15) is 49.4 Å². The summed E-state index contributed by atoms with van der Waals surface area (Å²) in [4.78, 5) is 25.5. The normalized spacial score (nSPS) is 28.1. The SMILES string of the molecule is O=[P+](S)OC1C(CO)OC(n2cnc3c(NCC=CCNc4ncnc5c4ncn5C4OC(CO)C(O[P+](=O)S)C4F)ncnc32)C1F. The van der Waals surface area contributed by atoms with Crippen LogP contribution in [0.2, 0.25) is 0 Å². The summed E-state index contributed by atoms with van der Waals surface area (Å²) < 4.78 is 77.4. The fourth-order valence-corrected chi connectivity index (χ4v) is 6.98. The number of nitrogens with one attached hydrogen (secondary N) is 2. The molecule has 2 aliphatic heterocycles. The van der Waals surface area contributed by atoms with E-state index in [1.165, 1.54) is 34.4 Å². The first-order valence-corrected chi connectivity index (χ1v) is 18.8. The van der Waals surface area contributed by atoms with E-state index in [-0.39, 0.29) is 11.3 Å². The number of aromatic nitrogens is 8. The predicted octanol–water partition coefficient (Wildman–Crippen LogP) is 2.45. The third kappa shape index (κ3) is 7.00. The molecule has 4 aromatic rings. The van der Waals surface area contributed by atoms with Gasteiger partial charge >= 0.3 is 14.5 Å². The Balaban J connectivity index is 1.07. The second kappa shape index (κ2) is 15.2. The van der Waals surface area contributed by atoms with Crippen LogP contribution in [0.3, 0.4) is 0 Å². The zero-order valence-electron chi connectivity index (χ0n) is 24.4. The number of hydrogen-bond acceptors (Lipinski definition) is 16. The monoisotopic (exact) mass is 748 g/mol. The van der Waals surface area contributed by atoms with Crippen LogP contribution < -0.4 is 10.6 Å². The van der Waals surface area contributed by atoms with Crippen molar-refractivity contribution >= 4 is 72.9 Å². The quantitative estimate of drug-likeness (QED) is 0.0619. The number of thiol groups is 2. The highest BCUT2D eigenvalue weighted by molar-refractivity contribution is 8.39. The molecular formula is C24H28F2N10O8P2S2+2. The van der Waals surface area contributed by atoms with E-state index in [0.717, 1.165) is 0 Å². The van der Waals surface area contributed by atoms with Crippen molar-refractivity contribution in [2.75, 3.05) is 36.9 Å². The Morgan fingerprint density at radius 3 is 1.56 bits per heavy atom. The van der Waals surface area contributed by atoms with Gasteiger partial charge in [-0.2, -0.15) is 0 Å². The summed E-state index contributed by atoms with van der Waals surface area (Å²) in [6.45, 7) is -0.472. The predicted molar refractivity (Wildman–Crippen MR) is 171 cm³/mol. The fourth-order valence-electron chi connectivity index (χ4n) is 5.40. The molecule has 18 nitrogen and oxygen atoms in total. The molecule has 4 N–H and O–H groups in total. The zero-order chi connectivity index (χ0) is 33.9. The minimum Gasteiger partial charge on any atom is -0.394 e. The van der Waals surface area contributed by atoms with Gasteiger partial charge in [0.05, 0.1) is 25.9 Å². The van der Waals surface area contributed by atoms with Crippen molar-refractivity contribution in [2.24, 2.45) is 0 Å². The van der Waals surface area contributed by atoms with E-state index < -0.39 is 76.9 Å². The van der Waals surface area contributed by atoms with Crippen molar-refractivity contribution in [1.29, 1.82) is 0 Å². The first-order chi connectivity index (χ1) is 23.2. The zero-order valence-corrected chi connectivity index (χ0v) is 28.0. The summed E-state index contributed by atoms with van der Waals surface area (Å²) >= 11 is 7.35. The molecule has 0 spiro atoms. The lowest BCUT2D eigenvalue weighted by Gasteiger charge is -2.15. The molecule has 24 heteroatoms. The van der Waals surface area contributed by atoms with Gasteiger partial charge in [0.15, 0.2) is 71.0 Å². The molecule has 256 valence electrons. The average molecular weight is 749 g/mol. The number of aliphatic hydroxyl groups excluding tert-OH is 2. The first kappa shape index (κ1) is 34.8. The molecule has 10 atom stereocenters. The number of ether oxygens (including phenoxy) is 2. The van der Waals surface area contributed by atoms with Crippen molar-refractivity contribution in [2.45, 2.75) is 49.2 Å². The molecule has 48 heavy (non-hydrogen) atoms. The highest BCUT2D eigenvalue weighted by Gasteiger charge is 2.52. The number of imidazole rings is 2. The molecule has 2 fully saturated rings.